The van der Waals surface area contributed by atoms with E-state index >= 15 is 0 Å². The van der Waals surface area contributed by atoms with E-state index in [9.17, 15) is 4.79 Å². The summed E-state index contributed by atoms with van der Waals surface area (Å²) in [5.41, 5.74) is 1.77. The first-order valence-corrected chi connectivity index (χ1v) is 8.12. The van der Waals surface area contributed by atoms with Crippen LogP contribution in [-0.4, -0.2) is 43.3 Å². The minimum absolute atomic E-state index is 0.149. The number of benzene rings is 1. The van der Waals surface area contributed by atoms with Crippen LogP contribution in [0.1, 0.15) is 25.8 Å². The molecule has 0 radical (unpaired) electrons. The van der Waals surface area contributed by atoms with Gasteiger partial charge in [-0.15, -0.1) is 0 Å². The van der Waals surface area contributed by atoms with E-state index in [1.165, 1.54) is 0 Å². The Morgan fingerprint density at radius 2 is 2.14 bits per heavy atom. The van der Waals surface area contributed by atoms with Crippen LogP contribution in [0.15, 0.2) is 18.2 Å². The lowest BCUT2D eigenvalue weighted by Gasteiger charge is -2.27. The van der Waals surface area contributed by atoms with Crippen molar-refractivity contribution in [2.75, 3.05) is 31.6 Å². The minimum Gasteiger partial charge on any atom is -0.379 e. The topological polar surface area (TPSA) is 53.6 Å². The predicted octanol–water partition coefficient (Wildman–Crippen LogP) is 3.09. The van der Waals surface area contributed by atoms with E-state index in [0.29, 0.717) is 10.7 Å². The molecule has 0 aromatic heterocycles. The lowest BCUT2D eigenvalue weighted by Crippen LogP contribution is -2.36. The van der Waals surface area contributed by atoms with E-state index in [4.69, 9.17) is 16.3 Å². The van der Waals surface area contributed by atoms with Crippen molar-refractivity contribution in [3.05, 3.63) is 28.8 Å². The number of ether oxygens (including phenoxy) is 1. The molecule has 2 rings (SSSR count). The number of nitrogens with zero attached hydrogens (tertiary/aromatic N) is 1. The van der Waals surface area contributed by atoms with Gasteiger partial charge in [-0.3, -0.25) is 4.90 Å². The summed E-state index contributed by atoms with van der Waals surface area (Å²) in [5, 5.41) is 6.35. The van der Waals surface area contributed by atoms with Gasteiger partial charge in [-0.25, -0.2) is 4.79 Å². The van der Waals surface area contributed by atoms with Crippen molar-refractivity contribution in [2.45, 2.75) is 32.9 Å². The maximum Gasteiger partial charge on any atom is 0.319 e. The summed E-state index contributed by atoms with van der Waals surface area (Å²) in [7, 11) is 0. The molecule has 0 spiro atoms. The van der Waals surface area contributed by atoms with Gasteiger partial charge in [-0.2, -0.15) is 0 Å². The van der Waals surface area contributed by atoms with Gasteiger partial charge in [-0.05, 0) is 31.0 Å². The fourth-order valence-electron chi connectivity index (χ4n) is 2.25. The molecule has 1 heterocycles. The van der Waals surface area contributed by atoms with E-state index in [2.05, 4.69) is 15.5 Å². The summed E-state index contributed by atoms with van der Waals surface area (Å²) in [5.74, 6) is 0. The molecule has 2 N–H and O–H groups in total. The second kappa shape index (κ2) is 8.36. The third-order valence-corrected chi connectivity index (χ3v) is 4.15. The summed E-state index contributed by atoms with van der Waals surface area (Å²) in [6, 6.07) is 5.60. The lowest BCUT2D eigenvalue weighted by molar-refractivity contribution is 0.0342. The molecule has 0 saturated carbocycles. The number of amides is 2. The van der Waals surface area contributed by atoms with Gasteiger partial charge in [0.2, 0.25) is 0 Å². The molecule has 1 atom stereocenters. The Balaban J connectivity index is 1.92. The quantitative estimate of drug-likeness (QED) is 0.874. The van der Waals surface area contributed by atoms with E-state index in [-0.39, 0.29) is 12.1 Å². The Morgan fingerprint density at radius 3 is 2.77 bits per heavy atom. The minimum atomic E-state index is -0.202. The number of carbonyl (C=O) groups is 1. The van der Waals surface area contributed by atoms with Gasteiger partial charge in [0.25, 0.3) is 0 Å². The molecule has 1 fully saturated rings. The number of carbonyl (C=O) groups excluding carboxylic acids is 1. The van der Waals surface area contributed by atoms with Gasteiger partial charge >= 0.3 is 6.03 Å². The van der Waals surface area contributed by atoms with E-state index in [1.54, 1.807) is 6.07 Å². The lowest BCUT2D eigenvalue weighted by atomic mass is 10.2. The van der Waals surface area contributed by atoms with Crippen molar-refractivity contribution in [3.63, 3.8) is 0 Å². The Kier molecular flexibility index (Phi) is 6.49. The molecule has 6 heteroatoms. The van der Waals surface area contributed by atoms with Crippen LogP contribution in [0.2, 0.25) is 5.02 Å². The zero-order valence-corrected chi connectivity index (χ0v) is 13.9. The number of halogens is 1. The van der Waals surface area contributed by atoms with Gasteiger partial charge in [0.1, 0.15) is 0 Å². The Morgan fingerprint density at radius 1 is 1.41 bits per heavy atom. The largest absolute Gasteiger partial charge is 0.379 e. The molecular weight excluding hydrogens is 302 g/mol. The average molecular weight is 326 g/mol. The van der Waals surface area contributed by atoms with E-state index < -0.39 is 0 Å². The number of urea groups is 1. The molecule has 122 valence electrons. The van der Waals surface area contributed by atoms with Crippen LogP contribution in [0.4, 0.5) is 10.5 Å². The zero-order valence-electron chi connectivity index (χ0n) is 13.2. The number of nitrogens with one attached hydrogen (secondary N) is 2. The monoisotopic (exact) mass is 325 g/mol. The molecule has 22 heavy (non-hydrogen) atoms. The first kappa shape index (κ1) is 17.1. The normalized spacial score (nSPS) is 17.0. The highest BCUT2D eigenvalue weighted by molar-refractivity contribution is 6.31. The second-order valence-corrected chi connectivity index (χ2v) is 6.01. The number of anilines is 1. The SMILES string of the molecule is CCC(C)NC(=O)Nc1ccc(CN2CCOCC2)c(Cl)c1. The Labute approximate surface area is 137 Å². The summed E-state index contributed by atoms with van der Waals surface area (Å²) in [6.07, 6.45) is 0.895. The molecule has 1 aliphatic heterocycles. The maximum atomic E-state index is 11.8. The Bertz CT molecular complexity index is 504. The smallest absolute Gasteiger partial charge is 0.319 e. The van der Waals surface area contributed by atoms with Crippen molar-refractivity contribution >= 4 is 23.3 Å². The molecular formula is C16H24ClN3O2. The van der Waals surface area contributed by atoms with Crippen molar-refractivity contribution < 1.29 is 9.53 Å². The highest BCUT2D eigenvalue weighted by Crippen LogP contribution is 2.22. The van der Waals surface area contributed by atoms with Crippen LogP contribution in [0.25, 0.3) is 0 Å². The Hall–Kier alpha value is -1.30. The standard InChI is InChI=1S/C16H24ClN3O2/c1-3-12(2)18-16(21)19-14-5-4-13(15(17)10-14)11-20-6-8-22-9-7-20/h4-5,10,12H,3,6-9,11H2,1-2H3,(H2,18,19,21). The van der Waals surface area contributed by atoms with E-state index in [0.717, 1.165) is 44.8 Å². The van der Waals surface area contributed by atoms with Crippen LogP contribution in [-0.2, 0) is 11.3 Å². The van der Waals surface area contributed by atoms with Crippen molar-refractivity contribution in [2.24, 2.45) is 0 Å². The van der Waals surface area contributed by atoms with Crippen molar-refractivity contribution in [1.29, 1.82) is 0 Å². The third-order valence-electron chi connectivity index (χ3n) is 3.80. The highest BCUT2D eigenvalue weighted by Gasteiger charge is 2.13. The summed E-state index contributed by atoms with van der Waals surface area (Å²) in [6.45, 7) is 8.20. The summed E-state index contributed by atoms with van der Waals surface area (Å²) < 4.78 is 5.34. The van der Waals surface area contributed by atoms with Gasteiger partial charge in [0.05, 0.1) is 13.2 Å². The zero-order chi connectivity index (χ0) is 15.9. The first-order valence-electron chi connectivity index (χ1n) is 7.74. The number of rotatable bonds is 5. The van der Waals surface area contributed by atoms with Crippen LogP contribution in [0.3, 0.4) is 0 Å². The number of hydrogen-bond donors (Lipinski definition) is 2. The molecule has 1 aromatic carbocycles. The van der Waals surface area contributed by atoms with Gasteiger partial charge in [0.15, 0.2) is 0 Å². The average Bonchev–Trinajstić information content (AvgIpc) is 2.51. The van der Waals surface area contributed by atoms with Gasteiger partial charge in [-0.1, -0.05) is 24.6 Å². The fourth-order valence-corrected chi connectivity index (χ4v) is 2.49. The van der Waals surface area contributed by atoms with E-state index in [1.807, 2.05) is 26.0 Å². The fraction of sp³-hybridized carbons (Fsp3) is 0.562. The van der Waals surface area contributed by atoms with Crippen LogP contribution in [0, 0.1) is 0 Å². The molecule has 1 unspecified atom stereocenters. The van der Waals surface area contributed by atoms with Crippen LogP contribution >= 0.6 is 11.6 Å². The van der Waals surface area contributed by atoms with Gasteiger partial charge in [0, 0.05) is 36.4 Å². The molecule has 0 aliphatic carbocycles. The molecule has 0 bridgehead atoms. The van der Waals surface area contributed by atoms with Gasteiger partial charge < -0.3 is 15.4 Å². The van der Waals surface area contributed by atoms with Crippen molar-refractivity contribution in [1.82, 2.24) is 10.2 Å². The highest BCUT2D eigenvalue weighted by atomic mass is 35.5. The molecule has 1 aliphatic rings. The maximum absolute atomic E-state index is 11.8. The molecule has 1 aromatic rings. The van der Waals surface area contributed by atoms with Crippen molar-refractivity contribution in [3.8, 4) is 0 Å². The molecule has 1 saturated heterocycles. The predicted molar refractivity (Wildman–Crippen MR) is 89.5 cm³/mol. The van der Waals surface area contributed by atoms with Crippen LogP contribution in [0.5, 0.6) is 0 Å². The number of morpholine rings is 1. The first-order chi connectivity index (χ1) is 10.6. The van der Waals surface area contributed by atoms with Crippen LogP contribution < -0.4 is 10.6 Å². The summed E-state index contributed by atoms with van der Waals surface area (Å²) >= 11 is 6.34. The second-order valence-electron chi connectivity index (χ2n) is 5.60. The molecule has 2 amide bonds. The molecule has 5 nitrogen and oxygen atoms in total. The third kappa shape index (κ3) is 5.16. The summed E-state index contributed by atoms with van der Waals surface area (Å²) in [4.78, 5) is 14.1. The number of hydrogen-bond acceptors (Lipinski definition) is 3.